The Morgan fingerprint density at radius 2 is 1.78 bits per heavy atom. The van der Waals surface area contributed by atoms with Gasteiger partial charge in [-0.2, -0.15) is 13.2 Å². The molecule has 0 saturated carbocycles. The summed E-state index contributed by atoms with van der Waals surface area (Å²) >= 11 is 5.61. The molecule has 0 aliphatic rings. The Hall–Kier alpha value is -2.01. The molecule has 2 rings (SSSR count). The standard InChI is InChI=1S/C17H15ClF3NO/c1-10-3-4-12(7-11(10)2)8-16(23)22-15-6-5-13(18)9-14(15)17(19,20)21/h3-7,9H,8H2,1-2H3,(H,22,23). The van der Waals surface area contributed by atoms with Crippen LogP contribution in [0.15, 0.2) is 36.4 Å². The van der Waals surface area contributed by atoms with Crippen LogP contribution >= 0.6 is 11.6 Å². The lowest BCUT2D eigenvalue weighted by atomic mass is 10.0. The minimum atomic E-state index is -4.59. The van der Waals surface area contributed by atoms with Crippen LogP contribution in [0.3, 0.4) is 0 Å². The largest absolute Gasteiger partial charge is 0.418 e. The molecular weight excluding hydrogens is 327 g/mol. The molecule has 0 aliphatic heterocycles. The summed E-state index contributed by atoms with van der Waals surface area (Å²) in [5, 5.41) is 2.27. The van der Waals surface area contributed by atoms with Crippen LogP contribution in [0.1, 0.15) is 22.3 Å². The van der Waals surface area contributed by atoms with E-state index in [1.807, 2.05) is 26.0 Å². The quantitative estimate of drug-likeness (QED) is 0.821. The van der Waals surface area contributed by atoms with Gasteiger partial charge in [-0.3, -0.25) is 4.79 Å². The van der Waals surface area contributed by atoms with Gasteiger partial charge in [-0.05, 0) is 48.7 Å². The summed E-state index contributed by atoms with van der Waals surface area (Å²) in [6, 6.07) is 8.77. The van der Waals surface area contributed by atoms with Crippen LogP contribution in [0.2, 0.25) is 5.02 Å². The van der Waals surface area contributed by atoms with Gasteiger partial charge < -0.3 is 5.32 Å². The number of nitrogens with one attached hydrogen (secondary N) is 1. The molecule has 2 aromatic rings. The molecule has 1 N–H and O–H groups in total. The Morgan fingerprint density at radius 1 is 1.09 bits per heavy atom. The van der Waals surface area contributed by atoms with E-state index < -0.39 is 17.6 Å². The van der Waals surface area contributed by atoms with Crippen molar-refractivity contribution in [1.82, 2.24) is 0 Å². The predicted octanol–water partition coefficient (Wildman–Crippen LogP) is 5.16. The van der Waals surface area contributed by atoms with E-state index >= 15 is 0 Å². The van der Waals surface area contributed by atoms with Crippen LogP contribution in [0.25, 0.3) is 0 Å². The van der Waals surface area contributed by atoms with Gasteiger partial charge in [0.25, 0.3) is 0 Å². The van der Waals surface area contributed by atoms with Crippen molar-refractivity contribution in [2.45, 2.75) is 26.4 Å². The predicted molar refractivity (Wildman–Crippen MR) is 84.7 cm³/mol. The molecule has 2 nitrogen and oxygen atoms in total. The van der Waals surface area contributed by atoms with Crippen LogP contribution in [-0.2, 0) is 17.4 Å². The molecule has 0 saturated heterocycles. The molecule has 122 valence electrons. The minimum absolute atomic E-state index is 0.00104. The van der Waals surface area contributed by atoms with E-state index in [-0.39, 0.29) is 17.1 Å². The Bertz CT molecular complexity index is 741. The summed E-state index contributed by atoms with van der Waals surface area (Å²) in [5.41, 5.74) is 1.60. The lowest BCUT2D eigenvalue weighted by molar-refractivity contribution is -0.137. The molecule has 1 amide bonds. The highest BCUT2D eigenvalue weighted by Gasteiger charge is 2.34. The molecule has 0 radical (unpaired) electrons. The zero-order valence-corrected chi connectivity index (χ0v) is 13.3. The van der Waals surface area contributed by atoms with Crippen LogP contribution < -0.4 is 5.32 Å². The van der Waals surface area contributed by atoms with Crippen molar-refractivity contribution >= 4 is 23.2 Å². The minimum Gasteiger partial charge on any atom is -0.325 e. The van der Waals surface area contributed by atoms with Gasteiger partial charge in [-0.25, -0.2) is 0 Å². The lowest BCUT2D eigenvalue weighted by Crippen LogP contribution is -2.18. The van der Waals surface area contributed by atoms with Gasteiger partial charge in [-0.1, -0.05) is 29.8 Å². The van der Waals surface area contributed by atoms with E-state index in [4.69, 9.17) is 11.6 Å². The van der Waals surface area contributed by atoms with Gasteiger partial charge in [0, 0.05) is 5.02 Å². The van der Waals surface area contributed by atoms with E-state index in [9.17, 15) is 18.0 Å². The third kappa shape index (κ3) is 4.48. The molecule has 0 heterocycles. The Morgan fingerprint density at radius 3 is 2.39 bits per heavy atom. The first kappa shape index (κ1) is 17.3. The molecule has 0 bridgehead atoms. The number of hydrogen-bond acceptors (Lipinski definition) is 1. The average molecular weight is 342 g/mol. The number of alkyl halides is 3. The van der Waals surface area contributed by atoms with Crippen molar-refractivity contribution in [2.75, 3.05) is 5.32 Å². The average Bonchev–Trinajstić information content (AvgIpc) is 2.44. The lowest BCUT2D eigenvalue weighted by Gasteiger charge is -2.14. The summed E-state index contributed by atoms with van der Waals surface area (Å²) in [4.78, 5) is 12.0. The van der Waals surface area contributed by atoms with Crippen molar-refractivity contribution in [3.63, 3.8) is 0 Å². The van der Waals surface area contributed by atoms with Gasteiger partial charge in [0.1, 0.15) is 0 Å². The van der Waals surface area contributed by atoms with Crippen molar-refractivity contribution in [2.24, 2.45) is 0 Å². The Labute approximate surface area is 137 Å². The highest BCUT2D eigenvalue weighted by molar-refractivity contribution is 6.30. The number of aryl methyl sites for hydroxylation is 2. The summed E-state index contributed by atoms with van der Waals surface area (Å²) in [6.45, 7) is 3.86. The maximum atomic E-state index is 13.0. The summed E-state index contributed by atoms with van der Waals surface area (Å²) in [5.74, 6) is -0.513. The van der Waals surface area contributed by atoms with Gasteiger partial charge in [0.15, 0.2) is 0 Å². The van der Waals surface area contributed by atoms with Gasteiger partial charge in [0.05, 0.1) is 17.7 Å². The normalized spacial score (nSPS) is 11.4. The third-order valence-electron chi connectivity index (χ3n) is 3.50. The van der Waals surface area contributed by atoms with Crippen LogP contribution in [0, 0.1) is 13.8 Å². The number of halogens is 4. The zero-order chi connectivity index (χ0) is 17.2. The van der Waals surface area contributed by atoms with E-state index in [1.165, 1.54) is 6.07 Å². The van der Waals surface area contributed by atoms with E-state index in [1.54, 1.807) is 6.07 Å². The smallest absolute Gasteiger partial charge is 0.325 e. The fourth-order valence-electron chi connectivity index (χ4n) is 2.15. The molecule has 0 unspecified atom stereocenters. The number of rotatable bonds is 3. The Kier molecular flexibility index (Phi) is 5.00. The number of carbonyl (C=O) groups excluding carboxylic acids is 1. The van der Waals surface area contributed by atoms with Crippen LogP contribution in [0.5, 0.6) is 0 Å². The van der Waals surface area contributed by atoms with Gasteiger partial charge in [-0.15, -0.1) is 0 Å². The molecule has 0 aliphatic carbocycles. The van der Waals surface area contributed by atoms with Crippen molar-refractivity contribution < 1.29 is 18.0 Å². The molecule has 0 atom stereocenters. The van der Waals surface area contributed by atoms with Crippen molar-refractivity contribution in [1.29, 1.82) is 0 Å². The van der Waals surface area contributed by atoms with Gasteiger partial charge >= 0.3 is 6.18 Å². The molecule has 6 heteroatoms. The number of anilines is 1. The number of hydrogen-bond donors (Lipinski definition) is 1. The molecule has 23 heavy (non-hydrogen) atoms. The second-order valence-corrected chi connectivity index (χ2v) is 5.77. The second-order valence-electron chi connectivity index (χ2n) is 5.33. The zero-order valence-electron chi connectivity index (χ0n) is 12.6. The first-order valence-electron chi connectivity index (χ1n) is 6.89. The monoisotopic (exact) mass is 341 g/mol. The van der Waals surface area contributed by atoms with Crippen molar-refractivity contribution in [3.8, 4) is 0 Å². The highest BCUT2D eigenvalue weighted by atomic mass is 35.5. The highest BCUT2D eigenvalue weighted by Crippen LogP contribution is 2.36. The summed E-state index contributed by atoms with van der Waals surface area (Å²) < 4.78 is 39.0. The third-order valence-corrected chi connectivity index (χ3v) is 3.73. The Balaban J connectivity index is 2.19. The van der Waals surface area contributed by atoms with Crippen molar-refractivity contribution in [3.05, 3.63) is 63.7 Å². The number of amides is 1. The van der Waals surface area contributed by atoms with E-state index in [0.29, 0.717) is 0 Å². The molecule has 0 aromatic heterocycles. The maximum absolute atomic E-state index is 13.0. The number of carbonyl (C=O) groups is 1. The maximum Gasteiger partial charge on any atom is 0.418 e. The fraction of sp³-hybridized carbons (Fsp3) is 0.235. The van der Waals surface area contributed by atoms with Gasteiger partial charge in [0.2, 0.25) is 5.91 Å². The molecule has 0 fully saturated rings. The second kappa shape index (κ2) is 6.62. The summed E-state index contributed by atoms with van der Waals surface area (Å²) in [6.07, 6.45) is -4.59. The topological polar surface area (TPSA) is 29.1 Å². The van der Waals surface area contributed by atoms with Crippen LogP contribution in [0.4, 0.5) is 18.9 Å². The molecular formula is C17H15ClF3NO. The van der Waals surface area contributed by atoms with E-state index in [0.717, 1.165) is 28.8 Å². The SMILES string of the molecule is Cc1ccc(CC(=O)Nc2ccc(Cl)cc2C(F)(F)F)cc1C. The fourth-order valence-corrected chi connectivity index (χ4v) is 2.33. The summed E-state index contributed by atoms with van der Waals surface area (Å²) in [7, 11) is 0. The van der Waals surface area contributed by atoms with E-state index in [2.05, 4.69) is 5.32 Å². The molecule has 0 spiro atoms. The van der Waals surface area contributed by atoms with Crippen LogP contribution in [-0.4, -0.2) is 5.91 Å². The first-order valence-corrected chi connectivity index (χ1v) is 7.27. The number of benzene rings is 2. The molecule has 2 aromatic carbocycles. The first-order chi connectivity index (χ1) is 10.7.